The summed E-state index contributed by atoms with van der Waals surface area (Å²) in [5.41, 5.74) is 7.80. The standard InChI is InChI=1S/C23H31NO5.C21H29NO4.C19H27NO3/c1-13(25)28-16-4-5-17-18-8-9-23(3)21(6-7-22(23)29-14(2)26)20(18)10-15(12-27-24)19(17)11-16;1-12(23)26-14-3-4-15-16-7-8-21(2)19(5-6-20(21)24)18(16)9-13(11-25-22)17(15)10-14;1-19-7-6-14-13-3-2-12(21)9-15(13)11(10-23-20)8-16(14)17(19)4-5-18(19)22/h4-5,11,15,18,20-22H,6-10,12,24H2,1-3H3;3-4,10,13,16,18-20,24H,5-9,11,22H2,1-2H3;2-3,9,11,14,16-18,21-22H,4-8,10,20H2,1H3/t15-,18+,20+,21-,22?,23-;13-,16+,18+,19-,20?,21-;11-,14+,16+,17-,18?,19-/m000/s1. The van der Waals surface area contributed by atoms with Gasteiger partial charge in [-0.2, -0.15) is 0 Å². The van der Waals surface area contributed by atoms with E-state index >= 15 is 0 Å². The molecule has 9 N–H and O–H groups in total. The molecule has 0 amide bonds. The highest BCUT2D eigenvalue weighted by Crippen LogP contribution is 2.66. The summed E-state index contributed by atoms with van der Waals surface area (Å²) in [5, 5.41) is 31.0. The second-order valence-corrected chi connectivity index (χ2v) is 26.0. The van der Waals surface area contributed by atoms with E-state index in [1.165, 1.54) is 54.2 Å². The first-order valence-electron chi connectivity index (χ1n) is 29.3. The molecule has 3 aromatic carbocycles. The molecule has 78 heavy (non-hydrogen) atoms. The van der Waals surface area contributed by atoms with Crippen LogP contribution in [0.15, 0.2) is 54.6 Å². The lowest BCUT2D eigenvalue weighted by Gasteiger charge is -2.51. The van der Waals surface area contributed by atoms with Crippen molar-refractivity contribution in [3.63, 3.8) is 0 Å². The van der Waals surface area contributed by atoms with Crippen molar-refractivity contribution in [3.8, 4) is 17.2 Å². The van der Waals surface area contributed by atoms with Crippen LogP contribution >= 0.6 is 0 Å². The van der Waals surface area contributed by atoms with Crippen LogP contribution in [0.25, 0.3) is 0 Å². The van der Waals surface area contributed by atoms with Gasteiger partial charge in [-0.05, 0) is 230 Å². The molecule has 0 aliphatic heterocycles. The third-order valence-corrected chi connectivity index (χ3v) is 22.2. The van der Waals surface area contributed by atoms with Gasteiger partial charge in [-0.15, -0.1) is 0 Å². The highest BCUT2D eigenvalue weighted by molar-refractivity contribution is 5.70. The summed E-state index contributed by atoms with van der Waals surface area (Å²) in [6.45, 7) is 12.6. The second kappa shape index (κ2) is 22.8. The van der Waals surface area contributed by atoms with Gasteiger partial charge in [0.05, 0.1) is 32.0 Å². The molecule has 6 fully saturated rings. The van der Waals surface area contributed by atoms with Gasteiger partial charge in [-0.25, -0.2) is 17.7 Å². The van der Waals surface area contributed by atoms with Gasteiger partial charge in [0, 0.05) is 43.9 Å². The molecule has 426 valence electrons. The number of carbonyl (C=O) groups is 3. The number of esters is 3. The lowest BCUT2D eigenvalue weighted by molar-refractivity contribution is -0.155. The van der Waals surface area contributed by atoms with Gasteiger partial charge in [0.15, 0.2) is 0 Å². The summed E-state index contributed by atoms with van der Waals surface area (Å²) in [6, 6.07) is 17.8. The Morgan fingerprint density at radius 3 is 1.26 bits per heavy atom. The van der Waals surface area contributed by atoms with E-state index in [0.29, 0.717) is 90.3 Å². The number of hydrogen-bond acceptors (Lipinski definition) is 15. The van der Waals surface area contributed by atoms with Gasteiger partial charge in [-0.1, -0.05) is 39.0 Å². The van der Waals surface area contributed by atoms with E-state index < -0.39 is 0 Å². The van der Waals surface area contributed by atoms with Crippen LogP contribution in [0.5, 0.6) is 17.2 Å². The molecular weight excluding hydrogens is 991 g/mol. The van der Waals surface area contributed by atoms with E-state index in [9.17, 15) is 29.7 Å². The zero-order valence-corrected chi connectivity index (χ0v) is 46.8. The van der Waals surface area contributed by atoms with Crippen molar-refractivity contribution in [2.24, 2.45) is 69.4 Å². The van der Waals surface area contributed by atoms with E-state index in [0.717, 1.165) is 96.3 Å². The average molecular weight is 1080 g/mol. The molecular formula is C63H87N3O12. The normalized spacial score (nSPS) is 38.2. The maximum Gasteiger partial charge on any atom is 0.308 e. The highest BCUT2D eigenvalue weighted by atomic mass is 16.6. The Labute approximate surface area is 460 Å². The molecule has 18 atom stereocenters. The lowest BCUT2D eigenvalue weighted by Crippen LogP contribution is -2.46. The summed E-state index contributed by atoms with van der Waals surface area (Å²) in [5.74, 6) is 22.4. The number of fused-ring (bicyclic) bond motifs is 15. The quantitative estimate of drug-likeness (QED) is 0.0663. The Bertz CT molecular complexity index is 2680. The minimum atomic E-state index is -0.318. The molecule has 15 heteroatoms. The first-order chi connectivity index (χ1) is 37.3. The number of rotatable bonds is 9. The smallest absolute Gasteiger partial charge is 0.308 e. The van der Waals surface area contributed by atoms with Crippen molar-refractivity contribution in [1.29, 1.82) is 0 Å². The summed E-state index contributed by atoms with van der Waals surface area (Å²) >= 11 is 0. The third-order valence-electron chi connectivity index (χ3n) is 22.2. The summed E-state index contributed by atoms with van der Waals surface area (Å²) < 4.78 is 16.3. The van der Waals surface area contributed by atoms with Gasteiger partial charge in [0.25, 0.3) is 0 Å². The molecule has 15 nitrogen and oxygen atoms in total. The van der Waals surface area contributed by atoms with E-state index in [-0.39, 0.29) is 70.2 Å². The summed E-state index contributed by atoms with van der Waals surface area (Å²) in [6.07, 6.45) is 15.4. The van der Waals surface area contributed by atoms with Crippen molar-refractivity contribution in [2.45, 2.75) is 192 Å². The van der Waals surface area contributed by atoms with Gasteiger partial charge in [0.2, 0.25) is 0 Å². The first kappa shape index (κ1) is 56.8. The minimum absolute atomic E-state index is 0.0166. The summed E-state index contributed by atoms with van der Waals surface area (Å²) in [4.78, 5) is 49.4. The van der Waals surface area contributed by atoms with Gasteiger partial charge in [-0.3, -0.25) is 14.4 Å². The number of nitrogens with two attached hydrogens (primary N) is 3. The van der Waals surface area contributed by atoms with Crippen LogP contribution in [0.3, 0.4) is 0 Å². The van der Waals surface area contributed by atoms with Gasteiger partial charge in [0.1, 0.15) is 23.4 Å². The van der Waals surface area contributed by atoms with Crippen LogP contribution in [0.4, 0.5) is 0 Å². The molecule has 3 aromatic rings. The number of aliphatic hydroxyl groups is 2. The fraction of sp³-hybridized carbons (Fsp3) is 0.667. The van der Waals surface area contributed by atoms with Crippen LogP contribution < -0.4 is 27.2 Å². The van der Waals surface area contributed by atoms with E-state index in [4.69, 9.17) is 46.4 Å². The fourth-order valence-electron chi connectivity index (χ4n) is 18.7. The van der Waals surface area contributed by atoms with Crippen LogP contribution in [0.1, 0.15) is 207 Å². The SMILES string of the molecule is CC(=O)Oc1ccc2c(c1)[C@H](CON)C[C@@H]1[C@@H]2CC[C@]2(C)C(O)CC[C@@H]12.CC(=O)Oc1ccc2c(c1)[C@H](CON)C[C@@H]1[C@@H]2CC[C@]2(C)C(OC(C)=O)CC[C@@H]12.C[C@]12CC[C@@H]3c4ccc(O)cc4[C@H](CON)C[C@H]3[C@@H]1CCC2O. The summed E-state index contributed by atoms with van der Waals surface area (Å²) in [7, 11) is 0. The maximum absolute atomic E-state index is 11.6. The van der Waals surface area contributed by atoms with Gasteiger partial charge >= 0.3 is 17.9 Å². The largest absolute Gasteiger partial charge is 0.508 e. The Morgan fingerprint density at radius 1 is 0.487 bits per heavy atom. The molecule has 0 bridgehead atoms. The number of phenolic OH excluding ortho intramolecular Hbond substituents is 1. The van der Waals surface area contributed by atoms with Crippen LogP contribution in [-0.2, 0) is 33.6 Å². The van der Waals surface area contributed by atoms with E-state index in [1.54, 1.807) is 6.07 Å². The third kappa shape index (κ3) is 10.5. The number of ether oxygens (including phenoxy) is 3. The predicted molar refractivity (Wildman–Crippen MR) is 293 cm³/mol. The zero-order valence-electron chi connectivity index (χ0n) is 46.8. The molecule has 6 saturated carbocycles. The minimum Gasteiger partial charge on any atom is -0.508 e. The first-order valence-corrected chi connectivity index (χ1v) is 29.3. The van der Waals surface area contributed by atoms with Crippen molar-refractivity contribution in [3.05, 3.63) is 88.0 Å². The molecule has 0 saturated heterocycles. The molecule has 9 aliphatic carbocycles. The number of benzene rings is 3. The number of carbonyl (C=O) groups excluding carboxylic acids is 3. The molecule has 0 aromatic heterocycles. The average Bonchev–Trinajstić information content (AvgIpc) is 4.02. The van der Waals surface area contributed by atoms with Crippen molar-refractivity contribution in [1.82, 2.24) is 0 Å². The van der Waals surface area contributed by atoms with E-state index in [1.807, 2.05) is 30.3 Å². The van der Waals surface area contributed by atoms with Crippen LogP contribution in [0.2, 0.25) is 0 Å². The van der Waals surface area contributed by atoms with Crippen molar-refractivity contribution >= 4 is 17.9 Å². The topological polar surface area (TPSA) is 245 Å². The van der Waals surface area contributed by atoms with Crippen molar-refractivity contribution < 1.29 is 58.4 Å². The zero-order chi connectivity index (χ0) is 55.4. The Kier molecular flexibility index (Phi) is 16.6. The number of phenols is 1. The maximum atomic E-state index is 11.6. The molecule has 0 spiro atoms. The molecule has 9 aliphatic rings. The van der Waals surface area contributed by atoms with Crippen LogP contribution in [-0.4, -0.2) is 71.4 Å². The lowest BCUT2D eigenvalue weighted by atomic mass is 9.54. The number of aromatic hydroxyl groups is 1. The van der Waals surface area contributed by atoms with Crippen molar-refractivity contribution in [2.75, 3.05) is 19.8 Å². The molecule has 0 heterocycles. The van der Waals surface area contributed by atoms with Gasteiger partial charge < -0.3 is 44.0 Å². The Hall–Kier alpha value is -4.45. The molecule has 3 unspecified atom stereocenters. The monoisotopic (exact) mass is 1080 g/mol. The fourth-order valence-corrected chi connectivity index (χ4v) is 18.7. The number of hydrogen-bond donors (Lipinski definition) is 6. The number of aliphatic hydroxyl groups excluding tert-OH is 2. The Morgan fingerprint density at radius 2 is 0.859 bits per heavy atom. The Balaban J connectivity index is 0.000000133. The van der Waals surface area contributed by atoms with E-state index in [2.05, 4.69) is 39.0 Å². The predicted octanol–water partition coefficient (Wildman–Crippen LogP) is 10.1. The molecule has 0 radical (unpaired) electrons. The van der Waals surface area contributed by atoms with Crippen LogP contribution in [0, 0.1) is 51.8 Å². The second-order valence-electron chi connectivity index (χ2n) is 26.0. The highest BCUT2D eigenvalue weighted by Gasteiger charge is 2.59. The molecule has 12 rings (SSSR count).